The van der Waals surface area contributed by atoms with Crippen molar-refractivity contribution in [1.29, 1.82) is 0 Å². The summed E-state index contributed by atoms with van der Waals surface area (Å²) in [6.07, 6.45) is 0.957. The lowest BCUT2D eigenvalue weighted by Crippen LogP contribution is -2.15. The molecule has 0 bridgehead atoms. The highest BCUT2D eigenvalue weighted by Gasteiger charge is 2.14. The summed E-state index contributed by atoms with van der Waals surface area (Å²) in [5.41, 5.74) is -0.289. The van der Waals surface area contributed by atoms with Gasteiger partial charge in [-0.1, -0.05) is 0 Å². The molecule has 0 radical (unpaired) electrons. The molecule has 0 aliphatic rings. The number of anilines is 1. The Labute approximate surface area is 141 Å². The van der Waals surface area contributed by atoms with Crippen LogP contribution in [-0.2, 0) is 14.6 Å². The van der Waals surface area contributed by atoms with Crippen LogP contribution in [0.3, 0.4) is 0 Å². The summed E-state index contributed by atoms with van der Waals surface area (Å²) in [6.45, 7) is 0. The van der Waals surface area contributed by atoms with Crippen LogP contribution in [0, 0.1) is 17.5 Å². The number of rotatable bonds is 5. The standard InChI is InChI=1S/C15H12F3NO3S2/c1-24(21,22)10-3-4-11(17)13(7-10)19-15(20)8-23-14-5-2-9(16)6-12(14)18/h2-7H,8H2,1H3,(H,19,20). The zero-order valence-electron chi connectivity index (χ0n) is 12.3. The van der Waals surface area contributed by atoms with E-state index in [2.05, 4.69) is 5.32 Å². The van der Waals surface area contributed by atoms with Crippen LogP contribution < -0.4 is 5.32 Å². The Morgan fingerprint density at radius 3 is 2.42 bits per heavy atom. The van der Waals surface area contributed by atoms with Crippen molar-refractivity contribution in [1.82, 2.24) is 0 Å². The lowest BCUT2D eigenvalue weighted by Gasteiger charge is -2.08. The summed E-state index contributed by atoms with van der Waals surface area (Å²) in [5.74, 6) is -3.26. The van der Waals surface area contributed by atoms with Gasteiger partial charge in [-0.15, -0.1) is 11.8 Å². The third-order valence-electron chi connectivity index (χ3n) is 2.89. The molecule has 2 aromatic rings. The van der Waals surface area contributed by atoms with Crippen LogP contribution in [0.15, 0.2) is 46.2 Å². The molecule has 0 saturated heterocycles. The van der Waals surface area contributed by atoms with Gasteiger partial charge in [-0.25, -0.2) is 21.6 Å². The minimum atomic E-state index is -3.55. The zero-order chi connectivity index (χ0) is 17.9. The number of carbonyl (C=O) groups excluding carboxylic acids is 1. The number of benzene rings is 2. The van der Waals surface area contributed by atoms with Crippen molar-refractivity contribution >= 4 is 33.2 Å². The van der Waals surface area contributed by atoms with E-state index >= 15 is 0 Å². The maximum Gasteiger partial charge on any atom is 0.234 e. The smallest absolute Gasteiger partial charge is 0.234 e. The molecule has 0 aromatic heterocycles. The van der Waals surface area contributed by atoms with Gasteiger partial charge in [0.1, 0.15) is 17.5 Å². The maximum atomic E-state index is 13.7. The van der Waals surface area contributed by atoms with E-state index in [1.165, 1.54) is 6.07 Å². The largest absolute Gasteiger partial charge is 0.323 e. The van der Waals surface area contributed by atoms with E-state index in [4.69, 9.17) is 0 Å². The molecule has 0 heterocycles. The highest BCUT2D eigenvalue weighted by atomic mass is 32.2. The van der Waals surface area contributed by atoms with Gasteiger partial charge in [-0.2, -0.15) is 0 Å². The molecule has 0 spiro atoms. The van der Waals surface area contributed by atoms with E-state index in [1.807, 2.05) is 0 Å². The number of amides is 1. The molecule has 24 heavy (non-hydrogen) atoms. The van der Waals surface area contributed by atoms with E-state index in [0.29, 0.717) is 6.07 Å². The van der Waals surface area contributed by atoms with Crippen molar-refractivity contribution in [2.24, 2.45) is 0 Å². The van der Waals surface area contributed by atoms with Gasteiger partial charge in [0, 0.05) is 17.2 Å². The highest BCUT2D eigenvalue weighted by molar-refractivity contribution is 8.00. The zero-order valence-corrected chi connectivity index (χ0v) is 14.0. The van der Waals surface area contributed by atoms with Gasteiger partial charge in [0.2, 0.25) is 5.91 Å². The van der Waals surface area contributed by atoms with Crippen molar-refractivity contribution in [3.8, 4) is 0 Å². The molecule has 128 valence electrons. The molecule has 0 unspecified atom stereocenters. The van der Waals surface area contributed by atoms with Crippen LogP contribution in [0.4, 0.5) is 18.9 Å². The number of hydrogen-bond donors (Lipinski definition) is 1. The minimum absolute atomic E-state index is 0.0666. The fourth-order valence-corrected chi connectivity index (χ4v) is 3.12. The lowest BCUT2D eigenvalue weighted by atomic mass is 10.3. The Kier molecular flexibility index (Phi) is 5.55. The summed E-state index contributed by atoms with van der Waals surface area (Å²) in [5, 5.41) is 2.23. The number of nitrogens with one attached hydrogen (secondary N) is 1. The molecule has 2 rings (SSSR count). The Balaban J connectivity index is 2.07. The second-order valence-corrected chi connectivity index (χ2v) is 7.86. The quantitative estimate of drug-likeness (QED) is 0.644. The van der Waals surface area contributed by atoms with E-state index in [9.17, 15) is 26.4 Å². The third kappa shape index (κ3) is 4.75. The average molecular weight is 375 g/mol. The van der Waals surface area contributed by atoms with Crippen molar-refractivity contribution in [3.05, 3.63) is 53.8 Å². The van der Waals surface area contributed by atoms with Gasteiger partial charge in [-0.3, -0.25) is 4.79 Å². The first kappa shape index (κ1) is 18.3. The predicted molar refractivity (Wildman–Crippen MR) is 85.2 cm³/mol. The summed E-state index contributed by atoms with van der Waals surface area (Å²) >= 11 is 0.804. The third-order valence-corrected chi connectivity index (χ3v) is 5.05. The maximum absolute atomic E-state index is 13.7. The SMILES string of the molecule is CS(=O)(=O)c1ccc(F)c(NC(=O)CSc2ccc(F)cc2F)c1. The molecule has 4 nitrogen and oxygen atoms in total. The fraction of sp³-hybridized carbons (Fsp3) is 0.133. The molecule has 0 atom stereocenters. The molecule has 0 aliphatic carbocycles. The molecule has 0 aliphatic heterocycles. The molecular weight excluding hydrogens is 363 g/mol. The van der Waals surface area contributed by atoms with Crippen LogP contribution in [0.1, 0.15) is 0 Å². The minimum Gasteiger partial charge on any atom is -0.323 e. The summed E-state index contributed by atoms with van der Waals surface area (Å²) < 4.78 is 62.8. The second-order valence-electron chi connectivity index (χ2n) is 4.83. The Morgan fingerprint density at radius 2 is 1.79 bits per heavy atom. The van der Waals surface area contributed by atoms with Gasteiger partial charge in [0.25, 0.3) is 0 Å². The number of thioether (sulfide) groups is 1. The van der Waals surface area contributed by atoms with Crippen molar-refractivity contribution in [2.45, 2.75) is 9.79 Å². The fourth-order valence-electron chi connectivity index (χ4n) is 1.75. The van der Waals surface area contributed by atoms with E-state index < -0.39 is 33.2 Å². The topological polar surface area (TPSA) is 63.2 Å². The first-order valence-electron chi connectivity index (χ1n) is 6.54. The van der Waals surface area contributed by atoms with Crippen LogP contribution in [-0.4, -0.2) is 26.3 Å². The predicted octanol–water partition coefficient (Wildman–Crippen LogP) is 3.24. The molecule has 0 fully saturated rings. The van der Waals surface area contributed by atoms with E-state index in [1.54, 1.807) is 0 Å². The average Bonchev–Trinajstić information content (AvgIpc) is 2.47. The van der Waals surface area contributed by atoms with Crippen LogP contribution >= 0.6 is 11.8 Å². The lowest BCUT2D eigenvalue weighted by molar-refractivity contribution is -0.113. The van der Waals surface area contributed by atoms with Gasteiger partial charge in [0.05, 0.1) is 16.3 Å². The Morgan fingerprint density at radius 1 is 1.08 bits per heavy atom. The summed E-state index contributed by atoms with van der Waals surface area (Å²) in [6, 6.07) is 5.95. The van der Waals surface area contributed by atoms with Crippen molar-refractivity contribution in [2.75, 3.05) is 17.3 Å². The van der Waals surface area contributed by atoms with E-state index in [-0.39, 0.29) is 21.2 Å². The van der Waals surface area contributed by atoms with Crippen LogP contribution in [0.5, 0.6) is 0 Å². The number of halogens is 3. The van der Waals surface area contributed by atoms with Gasteiger partial charge in [0.15, 0.2) is 9.84 Å². The molecule has 9 heteroatoms. The summed E-state index contributed by atoms with van der Waals surface area (Å²) in [7, 11) is -3.55. The monoisotopic (exact) mass is 375 g/mol. The van der Waals surface area contributed by atoms with Crippen molar-refractivity contribution in [3.63, 3.8) is 0 Å². The van der Waals surface area contributed by atoms with Crippen molar-refractivity contribution < 1.29 is 26.4 Å². The second kappa shape index (κ2) is 7.27. The molecule has 2 aromatic carbocycles. The first-order valence-corrected chi connectivity index (χ1v) is 9.42. The molecule has 1 amide bonds. The van der Waals surface area contributed by atoms with Gasteiger partial charge >= 0.3 is 0 Å². The molecule has 1 N–H and O–H groups in total. The first-order chi connectivity index (χ1) is 11.2. The van der Waals surface area contributed by atoms with Crippen LogP contribution in [0.2, 0.25) is 0 Å². The highest BCUT2D eigenvalue weighted by Crippen LogP contribution is 2.24. The number of carbonyl (C=O) groups is 1. The number of hydrogen-bond acceptors (Lipinski definition) is 4. The Hall–Kier alpha value is -2.00. The summed E-state index contributed by atoms with van der Waals surface area (Å²) in [4.78, 5) is 11.8. The number of sulfone groups is 1. The normalized spacial score (nSPS) is 11.3. The molecular formula is C15H12F3NO3S2. The van der Waals surface area contributed by atoms with Gasteiger partial charge in [-0.05, 0) is 30.3 Å². The Bertz CT molecular complexity index is 886. The van der Waals surface area contributed by atoms with E-state index in [0.717, 1.165) is 42.3 Å². The van der Waals surface area contributed by atoms with Crippen LogP contribution in [0.25, 0.3) is 0 Å². The van der Waals surface area contributed by atoms with Gasteiger partial charge < -0.3 is 5.32 Å². The molecule has 0 saturated carbocycles.